The highest BCUT2D eigenvalue weighted by Gasteiger charge is 2.51. The molecule has 2 aromatic rings. The lowest BCUT2D eigenvalue weighted by Gasteiger charge is -2.50. The van der Waals surface area contributed by atoms with Crippen LogP contribution in [0.5, 0.6) is 0 Å². The van der Waals surface area contributed by atoms with Crippen LogP contribution in [-0.2, 0) is 4.74 Å². The molecule has 1 atom stereocenters. The van der Waals surface area contributed by atoms with Gasteiger partial charge in [-0.15, -0.1) is 0 Å². The number of hydrogen-bond donors (Lipinski definition) is 1. The molecule has 4 aliphatic rings. The van der Waals surface area contributed by atoms with Gasteiger partial charge in [0, 0.05) is 36.6 Å². The van der Waals surface area contributed by atoms with Gasteiger partial charge in [0.2, 0.25) is 0 Å². The van der Waals surface area contributed by atoms with E-state index in [2.05, 4.69) is 25.2 Å². The molecule has 0 amide bonds. The van der Waals surface area contributed by atoms with Crippen molar-refractivity contribution in [1.29, 1.82) is 0 Å². The SMILES string of the molecule is Clc1cncc(-c2ccnc(NC3=NC[C@@]4(CN5CCC4CC5)O3)c2)c1. The van der Waals surface area contributed by atoms with Crippen LogP contribution < -0.4 is 5.32 Å². The molecule has 2 bridgehead atoms. The molecule has 4 aliphatic heterocycles. The summed E-state index contributed by atoms with van der Waals surface area (Å²) in [7, 11) is 0. The Balaban J connectivity index is 1.32. The second-order valence-corrected chi connectivity index (χ2v) is 7.72. The lowest BCUT2D eigenvalue weighted by atomic mass is 9.75. The third kappa shape index (κ3) is 2.83. The first kappa shape index (κ1) is 16.0. The molecule has 0 radical (unpaired) electrons. The summed E-state index contributed by atoms with van der Waals surface area (Å²) in [4.78, 5) is 15.7. The molecule has 7 heteroatoms. The number of pyridine rings is 2. The standard InChI is InChI=1S/C19H20ClN5O/c20-16-7-14(9-21-10-16)13-1-4-22-17(8-13)24-18-23-11-19(26-18)12-25-5-2-15(19)3-6-25/h1,4,7-10,15H,2-3,5-6,11-12H2,(H,22,23,24)/t19-/m0/s1. The number of piperidine rings is 3. The summed E-state index contributed by atoms with van der Waals surface area (Å²) in [6.07, 6.45) is 7.59. The second kappa shape index (κ2) is 6.21. The van der Waals surface area contributed by atoms with Crippen molar-refractivity contribution in [3.05, 3.63) is 41.8 Å². The zero-order valence-corrected chi connectivity index (χ0v) is 15.1. The van der Waals surface area contributed by atoms with E-state index < -0.39 is 0 Å². The van der Waals surface area contributed by atoms with Crippen LogP contribution in [0.15, 0.2) is 41.8 Å². The molecule has 26 heavy (non-hydrogen) atoms. The second-order valence-electron chi connectivity index (χ2n) is 7.29. The van der Waals surface area contributed by atoms with E-state index in [1.54, 1.807) is 18.6 Å². The zero-order valence-electron chi connectivity index (χ0n) is 14.4. The monoisotopic (exact) mass is 369 g/mol. The van der Waals surface area contributed by atoms with Crippen LogP contribution in [0.2, 0.25) is 5.02 Å². The number of aliphatic imine (C=N–C) groups is 1. The van der Waals surface area contributed by atoms with E-state index in [0.717, 1.165) is 24.2 Å². The number of halogens is 1. The Kier molecular flexibility index (Phi) is 3.83. The topological polar surface area (TPSA) is 62.6 Å². The number of anilines is 1. The first-order chi connectivity index (χ1) is 12.7. The molecule has 3 saturated heterocycles. The molecular weight excluding hydrogens is 350 g/mol. The molecule has 0 saturated carbocycles. The van der Waals surface area contributed by atoms with Crippen molar-refractivity contribution in [3.63, 3.8) is 0 Å². The van der Waals surface area contributed by atoms with Crippen molar-refractivity contribution < 1.29 is 4.74 Å². The number of hydrogen-bond acceptors (Lipinski definition) is 6. The fraction of sp³-hybridized carbons (Fsp3) is 0.421. The van der Waals surface area contributed by atoms with Gasteiger partial charge in [0.1, 0.15) is 11.4 Å². The minimum absolute atomic E-state index is 0.146. The van der Waals surface area contributed by atoms with E-state index in [4.69, 9.17) is 16.3 Å². The number of ether oxygens (including phenoxy) is 1. The molecule has 134 valence electrons. The maximum absolute atomic E-state index is 6.32. The van der Waals surface area contributed by atoms with Crippen LogP contribution in [0.3, 0.4) is 0 Å². The van der Waals surface area contributed by atoms with Gasteiger partial charge in [-0.25, -0.2) is 9.98 Å². The van der Waals surface area contributed by atoms with Gasteiger partial charge in [0.05, 0.1) is 11.6 Å². The average Bonchev–Trinajstić information content (AvgIpc) is 3.05. The quantitative estimate of drug-likeness (QED) is 0.881. The van der Waals surface area contributed by atoms with E-state index >= 15 is 0 Å². The summed E-state index contributed by atoms with van der Waals surface area (Å²) in [5, 5.41) is 3.85. The third-order valence-electron chi connectivity index (χ3n) is 5.65. The van der Waals surface area contributed by atoms with Gasteiger partial charge in [-0.05, 0) is 49.7 Å². The summed E-state index contributed by atoms with van der Waals surface area (Å²) >= 11 is 6.05. The highest BCUT2D eigenvalue weighted by molar-refractivity contribution is 6.30. The molecule has 6 nitrogen and oxygen atoms in total. The molecule has 1 N–H and O–H groups in total. The lowest BCUT2D eigenvalue weighted by molar-refractivity contribution is -0.0829. The van der Waals surface area contributed by atoms with Gasteiger partial charge in [0.25, 0.3) is 6.02 Å². The first-order valence-electron chi connectivity index (χ1n) is 9.00. The molecule has 0 unspecified atom stereocenters. The van der Waals surface area contributed by atoms with Crippen LogP contribution in [0, 0.1) is 5.92 Å². The Labute approximate surface area is 157 Å². The highest BCUT2D eigenvalue weighted by atomic mass is 35.5. The Morgan fingerprint density at radius 2 is 2.08 bits per heavy atom. The first-order valence-corrected chi connectivity index (χ1v) is 9.38. The third-order valence-corrected chi connectivity index (χ3v) is 5.85. The van der Waals surface area contributed by atoms with Gasteiger partial charge < -0.3 is 4.74 Å². The minimum atomic E-state index is -0.146. The van der Waals surface area contributed by atoms with E-state index in [0.29, 0.717) is 22.8 Å². The van der Waals surface area contributed by atoms with Gasteiger partial charge in [-0.2, -0.15) is 0 Å². The Bertz CT molecular complexity index is 865. The fourth-order valence-electron chi connectivity index (χ4n) is 4.30. The fourth-order valence-corrected chi connectivity index (χ4v) is 4.48. The van der Waals surface area contributed by atoms with Gasteiger partial charge >= 0.3 is 0 Å². The van der Waals surface area contributed by atoms with Crippen molar-refractivity contribution in [2.75, 3.05) is 31.5 Å². The minimum Gasteiger partial charge on any atom is -0.455 e. The van der Waals surface area contributed by atoms with Crippen LogP contribution in [0.25, 0.3) is 11.1 Å². The van der Waals surface area contributed by atoms with Crippen molar-refractivity contribution in [2.24, 2.45) is 10.9 Å². The number of aromatic nitrogens is 2. The molecule has 0 aliphatic carbocycles. The Morgan fingerprint density at radius 1 is 1.19 bits per heavy atom. The molecule has 2 aromatic heterocycles. The molecule has 6 heterocycles. The molecule has 6 rings (SSSR count). The van der Waals surface area contributed by atoms with Crippen LogP contribution in [-0.4, -0.2) is 52.7 Å². The van der Waals surface area contributed by atoms with Gasteiger partial charge in [-0.1, -0.05) is 11.6 Å². The zero-order chi connectivity index (χ0) is 17.6. The van der Waals surface area contributed by atoms with Crippen molar-refractivity contribution >= 4 is 23.4 Å². The van der Waals surface area contributed by atoms with Crippen LogP contribution in [0.1, 0.15) is 12.8 Å². The van der Waals surface area contributed by atoms with Crippen molar-refractivity contribution in [1.82, 2.24) is 14.9 Å². The normalized spacial score (nSPS) is 29.5. The average molecular weight is 370 g/mol. The maximum atomic E-state index is 6.32. The lowest BCUT2D eigenvalue weighted by Crippen LogP contribution is -2.61. The van der Waals surface area contributed by atoms with E-state index in [1.807, 2.05) is 18.2 Å². The largest absolute Gasteiger partial charge is 0.455 e. The highest BCUT2D eigenvalue weighted by Crippen LogP contribution is 2.40. The van der Waals surface area contributed by atoms with Crippen LogP contribution >= 0.6 is 11.6 Å². The molecular formula is C19H20ClN5O. The van der Waals surface area contributed by atoms with E-state index in [9.17, 15) is 0 Å². The predicted octanol–water partition coefficient (Wildman–Crippen LogP) is 3.06. The van der Waals surface area contributed by atoms with E-state index in [1.165, 1.54) is 25.9 Å². The van der Waals surface area contributed by atoms with E-state index in [-0.39, 0.29) is 5.60 Å². The summed E-state index contributed by atoms with van der Waals surface area (Å²) in [6, 6.07) is 6.36. The number of rotatable bonds is 2. The summed E-state index contributed by atoms with van der Waals surface area (Å²) in [5.74, 6) is 1.31. The Morgan fingerprint density at radius 3 is 2.85 bits per heavy atom. The molecule has 3 fully saturated rings. The summed E-state index contributed by atoms with van der Waals surface area (Å²) in [6.45, 7) is 4.09. The molecule has 1 spiro atoms. The number of nitrogens with one attached hydrogen (secondary N) is 1. The van der Waals surface area contributed by atoms with Gasteiger partial charge in [0.15, 0.2) is 0 Å². The summed E-state index contributed by atoms with van der Waals surface area (Å²) < 4.78 is 6.32. The predicted molar refractivity (Wildman–Crippen MR) is 101 cm³/mol. The number of amidine groups is 1. The van der Waals surface area contributed by atoms with Gasteiger partial charge in [-0.3, -0.25) is 15.2 Å². The van der Waals surface area contributed by atoms with Crippen LogP contribution in [0.4, 0.5) is 5.82 Å². The van der Waals surface area contributed by atoms with Crippen molar-refractivity contribution in [2.45, 2.75) is 18.4 Å². The summed E-state index contributed by atoms with van der Waals surface area (Å²) in [5.41, 5.74) is 1.80. The smallest absolute Gasteiger partial charge is 0.291 e. The van der Waals surface area contributed by atoms with Crippen molar-refractivity contribution in [3.8, 4) is 11.1 Å². The number of nitrogens with zero attached hydrogens (tertiary/aromatic N) is 4. The maximum Gasteiger partial charge on any atom is 0.291 e. The Hall–Kier alpha value is -2.18. The number of fused-ring (bicyclic) bond motifs is 2. The molecule has 0 aromatic carbocycles.